The van der Waals surface area contributed by atoms with E-state index in [1.807, 2.05) is 31.2 Å². The predicted molar refractivity (Wildman–Crippen MR) is 71.5 cm³/mol. The first-order chi connectivity index (χ1) is 8.25. The Labute approximate surface area is 109 Å². The predicted octanol–water partition coefficient (Wildman–Crippen LogP) is 2.84. The minimum absolute atomic E-state index is 0.755. The molecule has 0 atom stereocenters. The zero-order valence-corrected chi connectivity index (χ0v) is 11.2. The van der Waals surface area contributed by atoms with Gasteiger partial charge in [0.2, 0.25) is 0 Å². The molecule has 0 spiro atoms. The summed E-state index contributed by atoms with van der Waals surface area (Å²) in [5.41, 5.74) is 2.27. The number of nitrogens with one attached hydrogen (secondary N) is 1. The van der Waals surface area contributed by atoms with E-state index >= 15 is 0 Å². The van der Waals surface area contributed by atoms with Crippen molar-refractivity contribution in [2.75, 3.05) is 0 Å². The highest BCUT2D eigenvalue weighted by Gasteiger charge is 1.99. The Balaban J connectivity index is 1.90. The smallest absolute Gasteiger partial charge is 0.125 e. The number of halogens is 1. The van der Waals surface area contributed by atoms with Gasteiger partial charge in [-0.05, 0) is 24.6 Å². The summed E-state index contributed by atoms with van der Waals surface area (Å²) in [6.45, 7) is 3.48. The molecule has 0 aliphatic carbocycles. The fourth-order valence-corrected chi connectivity index (χ4v) is 2.00. The van der Waals surface area contributed by atoms with E-state index in [0.29, 0.717) is 0 Å². The van der Waals surface area contributed by atoms with E-state index in [0.717, 1.165) is 29.1 Å². The summed E-state index contributed by atoms with van der Waals surface area (Å²) in [5, 5.41) is 3.37. The molecule has 1 heterocycles. The van der Waals surface area contributed by atoms with Crippen LogP contribution in [0.4, 0.5) is 0 Å². The van der Waals surface area contributed by atoms with Gasteiger partial charge in [-0.3, -0.25) is 0 Å². The minimum Gasteiger partial charge on any atom is -0.307 e. The third-order valence-electron chi connectivity index (χ3n) is 2.41. The number of hydrogen-bond acceptors (Lipinski definition) is 3. The summed E-state index contributed by atoms with van der Waals surface area (Å²) in [5.74, 6) is 0.810. The number of nitrogens with zero attached hydrogens (tertiary/aromatic N) is 2. The van der Waals surface area contributed by atoms with Crippen LogP contribution in [0, 0.1) is 6.92 Å². The highest BCUT2D eigenvalue weighted by atomic mass is 79.9. The lowest BCUT2D eigenvalue weighted by Crippen LogP contribution is -2.14. The molecule has 0 unspecified atom stereocenters. The van der Waals surface area contributed by atoms with E-state index in [-0.39, 0.29) is 0 Å². The summed E-state index contributed by atoms with van der Waals surface area (Å²) in [7, 11) is 0. The summed E-state index contributed by atoms with van der Waals surface area (Å²) in [6.07, 6.45) is 1.79. The van der Waals surface area contributed by atoms with E-state index in [4.69, 9.17) is 0 Å². The van der Waals surface area contributed by atoms with Crippen molar-refractivity contribution in [3.8, 4) is 0 Å². The van der Waals surface area contributed by atoms with Gasteiger partial charge in [0.05, 0.1) is 5.69 Å². The Morgan fingerprint density at radius 1 is 1.18 bits per heavy atom. The number of rotatable bonds is 4. The minimum atomic E-state index is 0.755. The summed E-state index contributed by atoms with van der Waals surface area (Å²) in [4.78, 5) is 8.42. The Hall–Kier alpha value is -1.26. The summed E-state index contributed by atoms with van der Waals surface area (Å²) in [6, 6.07) is 10.1. The molecular weight excluding hydrogens is 278 g/mol. The van der Waals surface area contributed by atoms with Gasteiger partial charge in [-0.2, -0.15) is 0 Å². The second-order valence-electron chi connectivity index (χ2n) is 3.79. The maximum atomic E-state index is 4.34. The van der Waals surface area contributed by atoms with Gasteiger partial charge in [-0.15, -0.1) is 0 Å². The normalized spacial score (nSPS) is 10.5. The number of hydrogen-bond donors (Lipinski definition) is 1. The molecule has 0 aliphatic rings. The molecule has 0 amide bonds. The van der Waals surface area contributed by atoms with Crippen molar-refractivity contribution in [3.05, 3.63) is 58.1 Å². The zero-order chi connectivity index (χ0) is 12.1. The van der Waals surface area contributed by atoms with E-state index in [1.54, 1.807) is 6.20 Å². The number of aryl methyl sites for hydroxylation is 1. The van der Waals surface area contributed by atoms with Gasteiger partial charge in [0.25, 0.3) is 0 Å². The SMILES string of the molecule is Cc1nccc(CNCc2ccccc2Br)n1. The van der Waals surface area contributed by atoms with Gasteiger partial charge < -0.3 is 5.32 Å². The molecule has 2 aromatic rings. The van der Waals surface area contributed by atoms with Crippen LogP contribution < -0.4 is 5.32 Å². The average Bonchev–Trinajstić information content (AvgIpc) is 2.32. The summed E-state index contributed by atoms with van der Waals surface area (Å²) < 4.78 is 1.13. The van der Waals surface area contributed by atoms with Crippen molar-refractivity contribution in [2.24, 2.45) is 0 Å². The Bertz CT molecular complexity index is 500. The largest absolute Gasteiger partial charge is 0.307 e. The van der Waals surface area contributed by atoms with Crippen LogP contribution in [-0.4, -0.2) is 9.97 Å². The summed E-state index contributed by atoms with van der Waals surface area (Å²) >= 11 is 3.53. The maximum absolute atomic E-state index is 4.34. The molecule has 0 fully saturated rings. The molecule has 0 aliphatic heterocycles. The van der Waals surface area contributed by atoms with Gasteiger partial charge in [0.1, 0.15) is 5.82 Å². The first kappa shape index (κ1) is 12.2. The fraction of sp³-hybridized carbons (Fsp3) is 0.231. The third kappa shape index (κ3) is 3.61. The first-order valence-corrected chi connectivity index (χ1v) is 6.27. The Morgan fingerprint density at radius 2 is 2.00 bits per heavy atom. The van der Waals surface area contributed by atoms with E-state index in [9.17, 15) is 0 Å². The zero-order valence-electron chi connectivity index (χ0n) is 9.65. The molecule has 0 radical (unpaired) electrons. The fourth-order valence-electron chi connectivity index (χ4n) is 1.57. The molecule has 0 bridgehead atoms. The van der Waals surface area contributed by atoms with Crippen LogP contribution in [0.5, 0.6) is 0 Å². The topological polar surface area (TPSA) is 37.8 Å². The van der Waals surface area contributed by atoms with Gasteiger partial charge in [0.15, 0.2) is 0 Å². The third-order valence-corrected chi connectivity index (χ3v) is 3.19. The van der Waals surface area contributed by atoms with Crippen LogP contribution >= 0.6 is 15.9 Å². The molecule has 0 saturated heterocycles. The molecular formula is C13H14BrN3. The lowest BCUT2D eigenvalue weighted by atomic mass is 10.2. The van der Waals surface area contributed by atoms with Crippen LogP contribution in [0.2, 0.25) is 0 Å². The molecule has 1 aromatic heterocycles. The van der Waals surface area contributed by atoms with Crippen molar-refractivity contribution < 1.29 is 0 Å². The monoisotopic (exact) mass is 291 g/mol. The van der Waals surface area contributed by atoms with Gasteiger partial charge in [-0.25, -0.2) is 9.97 Å². The van der Waals surface area contributed by atoms with Gasteiger partial charge >= 0.3 is 0 Å². The van der Waals surface area contributed by atoms with E-state index in [2.05, 4.69) is 37.3 Å². The molecule has 1 aromatic carbocycles. The van der Waals surface area contributed by atoms with Crippen molar-refractivity contribution in [2.45, 2.75) is 20.0 Å². The highest BCUT2D eigenvalue weighted by Crippen LogP contribution is 2.15. The highest BCUT2D eigenvalue weighted by molar-refractivity contribution is 9.10. The molecule has 4 heteroatoms. The quantitative estimate of drug-likeness (QED) is 0.941. The van der Waals surface area contributed by atoms with Crippen LogP contribution in [0.15, 0.2) is 41.0 Å². The average molecular weight is 292 g/mol. The standard InChI is InChI=1S/C13H14BrN3/c1-10-16-7-6-12(17-10)9-15-8-11-4-2-3-5-13(11)14/h2-7,15H,8-9H2,1H3. The van der Waals surface area contributed by atoms with Crippen LogP contribution in [-0.2, 0) is 13.1 Å². The van der Waals surface area contributed by atoms with E-state index < -0.39 is 0 Å². The Morgan fingerprint density at radius 3 is 2.76 bits per heavy atom. The van der Waals surface area contributed by atoms with Gasteiger partial charge in [-0.1, -0.05) is 34.1 Å². The van der Waals surface area contributed by atoms with Crippen molar-refractivity contribution in [3.63, 3.8) is 0 Å². The van der Waals surface area contributed by atoms with Crippen LogP contribution in [0.1, 0.15) is 17.1 Å². The second-order valence-corrected chi connectivity index (χ2v) is 4.64. The molecule has 0 saturated carbocycles. The number of benzene rings is 1. The van der Waals surface area contributed by atoms with Crippen LogP contribution in [0.3, 0.4) is 0 Å². The van der Waals surface area contributed by atoms with Crippen molar-refractivity contribution in [1.82, 2.24) is 15.3 Å². The molecule has 2 rings (SSSR count). The maximum Gasteiger partial charge on any atom is 0.125 e. The molecule has 3 nitrogen and oxygen atoms in total. The van der Waals surface area contributed by atoms with Gasteiger partial charge in [0, 0.05) is 23.8 Å². The first-order valence-electron chi connectivity index (χ1n) is 5.48. The Kier molecular flexibility index (Phi) is 4.23. The van der Waals surface area contributed by atoms with Crippen molar-refractivity contribution in [1.29, 1.82) is 0 Å². The van der Waals surface area contributed by atoms with Crippen molar-refractivity contribution >= 4 is 15.9 Å². The molecule has 1 N–H and O–H groups in total. The molecule has 17 heavy (non-hydrogen) atoms. The van der Waals surface area contributed by atoms with Crippen LogP contribution in [0.25, 0.3) is 0 Å². The lowest BCUT2D eigenvalue weighted by molar-refractivity contribution is 0.673. The molecule has 88 valence electrons. The second kappa shape index (κ2) is 5.89. The van der Waals surface area contributed by atoms with E-state index in [1.165, 1.54) is 5.56 Å². The number of aromatic nitrogens is 2. The lowest BCUT2D eigenvalue weighted by Gasteiger charge is -2.06.